The van der Waals surface area contributed by atoms with Crippen LogP contribution in [0.1, 0.15) is 29.7 Å². The van der Waals surface area contributed by atoms with Gasteiger partial charge in [0.25, 0.3) is 0 Å². The highest BCUT2D eigenvalue weighted by molar-refractivity contribution is 5.69. The molecule has 5 heteroatoms. The summed E-state index contributed by atoms with van der Waals surface area (Å²) >= 11 is 0. The third-order valence-corrected chi connectivity index (χ3v) is 3.02. The van der Waals surface area contributed by atoms with E-state index in [9.17, 15) is 9.90 Å². The summed E-state index contributed by atoms with van der Waals surface area (Å²) in [6, 6.07) is 3.45. The molecule has 0 spiro atoms. The quantitative estimate of drug-likeness (QED) is 0.726. The van der Waals surface area contributed by atoms with Crippen molar-refractivity contribution < 1.29 is 19.7 Å². The lowest BCUT2D eigenvalue weighted by Crippen LogP contribution is -2.36. The number of rotatable bonds is 6. The van der Waals surface area contributed by atoms with Gasteiger partial charge >= 0.3 is 5.97 Å². The van der Waals surface area contributed by atoms with Crippen LogP contribution in [0.3, 0.4) is 0 Å². The topological polar surface area (TPSA) is 78.8 Å². The molecule has 106 valence electrons. The molecule has 5 nitrogen and oxygen atoms in total. The van der Waals surface area contributed by atoms with Crippen molar-refractivity contribution in [3.63, 3.8) is 0 Å². The Kier molecular flexibility index (Phi) is 5.32. The average Bonchev–Trinajstić information content (AvgIpc) is 2.34. The van der Waals surface area contributed by atoms with Crippen LogP contribution < -0.4 is 10.1 Å². The predicted octanol–water partition coefficient (Wildman–Crippen LogP) is 1.41. The van der Waals surface area contributed by atoms with Gasteiger partial charge in [-0.2, -0.15) is 0 Å². The summed E-state index contributed by atoms with van der Waals surface area (Å²) in [5.74, 6) is -0.312. The molecular weight excluding hydrogens is 246 g/mol. The second-order valence-electron chi connectivity index (χ2n) is 4.71. The van der Waals surface area contributed by atoms with E-state index in [-0.39, 0.29) is 12.6 Å². The lowest BCUT2D eigenvalue weighted by atomic mass is 9.97. The van der Waals surface area contributed by atoms with Gasteiger partial charge in [-0.15, -0.1) is 0 Å². The highest BCUT2D eigenvalue weighted by Gasteiger charge is 2.21. The van der Waals surface area contributed by atoms with E-state index in [1.54, 1.807) is 14.0 Å². The van der Waals surface area contributed by atoms with Gasteiger partial charge in [-0.25, -0.2) is 0 Å². The first kappa shape index (κ1) is 15.5. The summed E-state index contributed by atoms with van der Waals surface area (Å²) in [4.78, 5) is 10.5. The van der Waals surface area contributed by atoms with Crippen molar-refractivity contribution in [2.45, 2.75) is 32.9 Å². The number of aliphatic hydroxyl groups excluding tert-OH is 1. The molecule has 2 unspecified atom stereocenters. The first-order valence-corrected chi connectivity index (χ1v) is 6.15. The summed E-state index contributed by atoms with van der Waals surface area (Å²) in [5.41, 5.74) is 2.64. The maximum absolute atomic E-state index is 10.5. The molecule has 0 bridgehead atoms. The number of aryl methyl sites for hydroxylation is 2. The molecule has 0 amide bonds. The molecule has 1 aromatic carbocycles. The van der Waals surface area contributed by atoms with Crippen LogP contribution >= 0.6 is 0 Å². The Bertz CT molecular complexity index is 459. The largest absolute Gasteiger partial charge is 0.496 e. The summed E-state index contributed by atoms with van der Waals surface area (Å²) in [7, 11) is 1.56. The minimum Gasteiger partial charge on any atom is -0.496 e. The van der Waals surface area contributed by atoms with Crippen molar-refractivity contribution in [1.82, 2.24) is 5.32 Å². The van der Waals surface area contributed by atoms with Gasteiger partial charge in [0, 0.05) is 11.6 Å². The molecule has 0 heterocycles. The van der Waals surface area contributed by atoms with Gasteiger partial charge in [-0.1, -0.05) is 11.6 Å². The minimum atomic E-state index is -0.952. The number of aliphatic hydroxyl groups is 1. The first-order valence-electron chi connectivity index (χ1n) is 6.15. The van der Waals surface area contributed by atoms with Crippen LogP contribution in [0.2, 0.25) is 0 Å². The fourth-order valence-corrected chi connectivity index (χ4v) is 2.12. The van der Waals surface area contributed by atoms with Crippen molar-refractivity contribution in [2.75, 3.05) is 13.7 Å². The van der Waals surface area contributed by atoms with E-state index < -0.39 is 12.1 Å². The number of benzene rings is 1. The molecule has 0 aliphatic rings. The van der Waals surface area contributed by atoms with Crippen molar-refractivity contribution in [3.8, 4) is 5.75 Å². The minimum absolute atomic E-state index is 0.189. The Morgan fingerprint density at radius 1 is 1.42 bits per heavy atom. The number of carboxylic acids is 1. The van der Waals surface area contributed by atoms with Crippen LogP contribution in [0.5, 0.6) is 5.75 Å². The Hall–Kier alpha value is -1.59. The van der Waals surface area contributed by atoms with Gasteiger partial charge in [-0.05, 0) is 32.4 Å². The number of hydrogen-bond acceptors (Lipinski definition) is 4. The first-order chi connectivity index (χ1) is 8.86. The van der Waals surface area contributed by atoms with Crippen molar-refractivity contribution in [1.29, 1.82) is 0 Å². The predicted molar refractivity (Wildman–Crippen MR) is 72.5 cm³/mol. The molecule has 0 saturated carbocycles. The van der Waals surface area contributed by atoms with E-state index in [4.69, 9.17) is 9.84 Å². The van der Waals surface area contributed by atoms with Gasteiger partial charge in [0.1, 0.15) is 5.75 Å². The number of nitrogens with one attached hydrogen (secondary N) is 1. The van der Waals surface area contributed by atoms with Gasteiger partial charge < -0.3 is 20.3 Å². The van der Waals surface area contributed by atoms with Crippen LogP contribution in [-0.2, 0) is 4.79 Å². The zero-order valence-electron chi connectivity index (χ0n) is 11.7. The lowest BCUT2D eigenvalue weighted by molar-refractivity contribution is -0.136. The molecule has 1 rings (SSSR count). The Balaban J connectivity index is 2.97. The molecule has 0 saturated heterocycles. The highest BCUT2D eigenvalue weighted by Crippen LogP contribution is 2.31. The van der Waals surface area contributed by atoms with Crippen molar-refractivity contribution in [2.24, 2.45) is 0 Å². The smallest absolute Gasteiger partial charge is 0.317 e. The van der Waals surface area contributed by atoms with Gasteiger partial charge in [-0.3, -0.25) is 4.79 Å². The van der Waals surface area contributed by atoms with Crippen LogP contribution in [0.25, 0.3) is 0 Å². The molecule has 1 aromatic rings. The van der Waals surface area contributed by atoms with E-state index in [0.29, 0.717) is 11.3 Å². The normalized spacial score (nSPS) is 13.9. The molecular formula is C14H21NO4. The van der Waals surface area contributed by atoms with Crippen LogP contribution in [0, 0.1) is 13.8 Å². The van der Waals surface area contributed by atoms with Gasteiger partial charge in [0.15, 0.2) is 0 Å². The second kappa shape index (κ2) is 6.54. The number of methoxy groups -OCH3 is 1. The maximum Gasteiger partial charge on any atom is 0.317 e. The van der Waals surface area contributed by atoms with Gasteiger partial charge in [0.2, 0.25) is 0 Å². The Labute approximate surface area is 113 Å². The fourth-order valence-electron chi connectivity index (χ4n) is 2.12. The van der Waals surface area contributed by atoms with Crippen molar-refractivity contribution >= 4 is 5.97 Å². The summed E-state index contributed by atoms with van der Waals surface area (Å²) in [5, 5.41) is 21.7. The molecule has 0 aliphatic carbocycles. The summed E-state index contributed by atoms with van der Waals surface area (Å²) < 4.78 is 5.32. The lowest BCUT2D eigenvalue weighted by Gasteiger charge is -2.23. The number of carbonyl (C=O) groups is 1. The van der Waals surface area contributed by atoms with E-state index >= 15 is 0 Å². The van der Waals surface area contributed by atoms with Crippen LogP contribution in [0.4, 0.5) is 0 Å². The zero-order valence-corrected chi connectivity index (χ0v) is 11.7. The van der Waals surface area contributed by atoms with E-state index in [0.717, 1.165) is 11.1 Å². The van der Waals surface area contributed by atoms with E-state index in [1.807, 2.05) is 26.0 Å². The zero-order chi connectivity index (χ0) is 14.6. The SMILES string of the molecule is COc1c(C)cc(C)cc1C(O)C(C)NCC(=O)O. The molecule has 0 aliphatic heterocycles. The number of hydrogen-bond donors (Lipinski definition) is 3. The standard InChI is InChI=1S/C14H21NO4/c1-8-5-9(2)14(19-4)11(6-8)13(18)10(3)15-7-12(16)17/h5-6,10,13,15,18H,7H2,1-4H3,(H,16,17). The van der Waals surface area contributed by atoms with Crippen LogP contribution in [0.15, 0.2) is 12.1 Å². The molecule has 0 fully saturated rings. The number of aliphatic carboxylic acids is 1. The van der Waals surface area contributed by atoms with Crippen molar-refractivity contribution in [3.05, 3.63) is 28.8 Å². The highest BCUT2D eigenvalue weighted by atomic mass is 16.5. The average molecular weight is 267 g/mol. The van der Waals surface area contributed by atoms with Gasteiger partial charge in [0.05, 0.1) is 19.8 Å². The monoisotopic (exact) mass is 267 g/mol. The summed E-state index contributed by atoms with van der Waals surface area (Å²) in [6.45, 7) is 5.41. The van der Waals surface area contributed by atoms with Crippen LogP contribution in [-0.4, -0.2) is 35.9 Å². The third kappa shape index (κ3) is 3.94. The maximum atomic E-state index is 10.5. The Morgan fingerprint density at radius 3 is 2.58 bits per heavy atom. The molecule has 19 heavy (non-hydrogen) atoms. The summed E-state index contributed by atoms with van der Waals surface area (Å²) in [6.07, 6.45) is -0.826. The number of ether oxygens (including phenoxy) is 1. The fraction of sp³-hybridized carbons (Fsp3) is 0.500. The molecule has 0 aromatic heterocycles. The molecule has 2 atom stereocenters. The van der Waals surface area contributed by atoms with E-state index in [1.165, 1.54) is 0 Å². The third-order valence-electron chi connectivity index (χ3n) is 3.02. The number of carboxylic acid groups (broad SMARTS) is 1. The van der Waals surface area contributed by atoms with E-state index in [2.05, 4.69) is 5.32 Å². The Morgan fingerprint density at radius 2 is 2.05 bits per heavy atom. The second-order valence-corrected chi connectivity index (χ2v) is 4.71. The molecule has 3 N–H and O–H groups in total. The molecule has 0 radical (unpaired) electrons.